The van der Waals surface area contributed by atoms with Gasteiger partial charge in [0, 0.05) is 12.5 Å². The van der Waals surface area contributed by atoms with Crippen LogP contribution in [0.5, 0.6) is 0 Å². The first-order valence-electron chi connectivity index (χ1n) is 24.6. The molecule has 316 valence electrons. The molecule has 4 heteroatoms. The molecule has 0 aliphatic heterocycles. The van der Waals surface area contributed by atoms with E-state index in [1.54, 1.807) is 0 Å². The average Bonchev–Trinajstić information content (AvgIpc) is 3.16. The van der Waals surface area contributed by atoms with Crippen LogP contribution in [0.15, 0.2) is 0 Å². The summed E-state index contributed by atoms with van der Waals surface area (Å²) >= 11 is 11.5. The minimum absolute atomic E-state index is 0.319. The van der Waals surface area contributed by atoms with E-state index in [0.29, 0.717) is 12.0 Å². The number of thiocarbonyl (C=S) groups is 2. The number of hydrogen-bond donors (Lipinski definition) is 1. The normalized spacial score (nSPS) is 12.1. The van der Waals surface area contributed by atoms with Gasteiger partial charge in [0.05, 0.1) is 11.1 Å². The van der Waals surface area contributed by atoms with Crippen LogP contribution in [0.3, 0.4) is 0 Å². The van der Waals surface area contributed by atoms with Gasteiger partial charge in [0.1, 0.15) is 0 Å². The summed E-state index contributed by atoms with van der Waals surface area (Å²) < 4.78 is 6.62. The molecule has 0 aromatic rings. The first kappa shape index (κ1) is 52.8. The van der Waals surface area contributed by atoms with Gasteiger partial charge >= 0.3 is 0 Å². The lowest BCUT2D eigenvalue weighted by Gasteiger charge is -2.24. The molecule has 0 fully saturated rings. The Morgan fingerprint density at radius 1 is 0.396 bits per heavy atom. The van der Waals surface area contributed by atoms with Crippen molar-refractivity contribution in [2.75, 3.05) is 6.54 Å². The lowest BCUT2D eigenvalue weighted by atomic mass is 9.94. The maximum atomic E-state index is 6.62. The maximum Gasteiger partial charge on any atom is 0.163 e. The molecule has 0 radical (unpaired) electrons. The van der Waals surface area contributed by atoms with E-state index in [9.17, 15) is 0 Å². The van der Waals surface area contributed by atoms with Gasteiger partial charge in [-0.15, -0.1) is 0 Å². The zero-order chi connectivity index (χ0) is 38.7. The Balaban J connectivity index is 4.29. The van der Waals surface area contributed by atoms with Crippen molar-refractivity contribution < 1.29 is 4.74 Å². The molecule has 0 saturated heterocycles. The van der Waals surface area contributed by atoms with E-state index in [4.69, 9.17) is 29.2 Å². The van der Waals surface area contributed by atoms with Gasteiger partial charge in [-0.3, -0.25) is 0 Å². The van der Waals surface area contributed by atoms with Gasteiger partial charge in [-0.25, -0.2) is 0 Å². The topological polar surface area (TPSA) is 21.3 Å². The second-order valence-corrected chi connectivity index (χ2v) is 17.8. The lowest BCUT2D eigenvalue weighted by Crippen LogP contribution is -2.23. The molecule has 0 aliphatic rings. The molecule has 0 aromatic carbocycles. The Bertz CT molecular complexity index is 714. The molecule has 0 heterocycles. The molecular formula is C49H97NOS2. The van der Waals surface area contributed by atoms with Gasteiger partial charge in [-0.2, -0.15) is 0 Å². The van der Waals surface area contributed by atoms with Gasteiger partial charge < -0.3 is 10.1 Å². The van der Waals surface area contributed by atoms with E-state index < -0.39 is 0 Å². The Morgan fingerprint density at radius 3 is 1.06 bits per heavy atom. The third-order valence-electron chi connectivity index (χ3n) is 11.6. The standard InChI is InChI=1S/C49H97NOS2/c1-5-9-11-13-15-17-19-21-25-29-33-37-41-46(42-38-34-30-26-22-20-18-16-14-12-10-6-2)49(53)51-47(8-4)43-39-35-31-27-23-24-28-32-36-40-44-48(52)50-45-7-3/h46-47H,5-45H2,1-4H3,(H,50,52). The summed E-state index contributed by atoms with van der Waals surface area (Å²) in [6.45, 7) is 10.1. The zero-order valence-electron chi connectivity index (χ0n) is 36.9. The van der Waals surface area contributed by atoms with Gasteiger partial charge in [0.15, 0.2) is 5.05 Å². The molecule has 0 spiro atoms. The summed E-state index contributed by atoms with van der Waals surface area (Å²) in [5.41, 5.74) is 0. The third kappa shape index (κ3) is 39.8. The zero-order valence-corrected chi connectivity index (χ0v) is 38.5. The Morgan fingerprint density at radius 2 is 0.717 bits per heavy atom. The molecule has 2 nitrogen and oxygen atoms in total. The van der Waals surface area contributed by atoms with Crippen molar-refractivity contribution in [3.63, 3.8) is 0 Å². The molecule has 1 atom stereocenters. The van der Waals surface area contributed by atoms with Crippen LogP contribution < -0.4 is 5.32 Å². The average molecular weight is 780 g/mol. The van der Waals surface area contributed by atoms with Gasteiger partial charge in [-0.1, -0.05) is 245 Å². The van der Waals surface area contributed by atoms with E-state index in [1.807, 2.05) is 0 Å². The molecule has 1 unspecified atom stereocenters. The fraction of sp³-hybridized carbons (Fsp3) is 0.959. The monoisotopic (exact) mass is 780 g/mol. The highest BCUT2D eigenvalue weighted by atomic mass is 32.1. The van der Waals surface area contributed by atoms with Crippen molar-refractivity contribution in [2.45, 2.75) is 291 Å². The first-order chi connectivity index (χ1) is 26.1. The molecule has 0 aliphatic carbocycles. The second-order valence-electron chi connectivity index (χ2n) is 16.9. The van der Waals surface area contributed by atoms with E-state index in [-0.39, 0.29) is 0 Å². The number of ether oxygens (including phenoxy) is 1. The fourth-order valence-corrected chi connectivity index (χ4v) is 8.49. The molecule has 0 amide bonds. The van der Waals surface area contributed by atoms with Crippen molar-refractivity contribution in [1.82, 2.24) is 5.32 Å². The van der Waals surface area contributed by atoms with Crippen LogP contribution in [-0.2, 0) is 4.74 Å². The highest BCUT2D eigenvalue weighted by molar-refractivity contribution is 7.80. The smallest absolute Gasteiger partial charge is 0.163 e. The fourth-order valence-electron chi connectivity index (χ4n) is 7.87. The van der Waals surface area contributed by atoms with Crippen molar-refractivity contribution in [1.29, 1.82) is 0 Å². The summed E-state index contributed by atoms with van der Waals surface area (Å²) in [7, 11) is 0. The quantitative estimate of drug-likeness (QED) is 0.0491. The number of rotatable bonds is 44. The van der Waals surface area contributed by atoms with Crippen LogP contribution in [0.4, 0.5) is 0 Å². The van der Waals surface area contributed by atoms with Crippen molar-refractivity contribution in [2.24, 2.45) is 5.92 Å². The van der Waals surface area contributed by atoms with Crippen molar-refractivity contribution in [3.05, 3.63) is 0 Å². The second kappa shape index (κ2) is 44.5. The summed E-state index contributed by atoms with van der Waals surface area (Å²) in [6, 6.07) is 0. The van der Waals surface area contributed by atoms with Gasteiger partial charge in [0.2, 0.25) is 0 Å². The Hall–Kier alpha value is -0.220. The van der Waals surface area contributed by atoms with Crippen LogP contribution in [0.1, 0.15) is 285 Å². The van der Waals surface area contributed by atoms with Crippen molar-refractivity contribution in [3.8, 4) is 0 Å². The predicted molar refractivity (Wildman–Crippen MR) is 249 cm³/mol. The number of unbranched alkanes of at least 4 members (excludes halogenated alkanes) is 31. The highest BCUT2D eigenvalue weighted by Crippen LogP contribution is 2.24. The Kier molecular flexibility index (Phi) is 44.3. The third-order valence-corrected chi connectivity index (χ3v) is 12.4. The lowest BCUT2D eigenvalue weighted by molar-refractivity contribution is 0.160. The van der Waals surface area contributed by atoms with E-state index in [2.05, 4.69) is 33.0 Å². The van der Waals surface area contributed by atoms with Crippen LogP contribution >= 0.6 is 24.4 Å². The molecule has 0 saturated carbocycles. The van der Waals surface area contributed by atoms with E-state index in [1.165, 1.54) is 238 Å². The molecular weight excluding hydrogens is 683 g/mol. The van der Waals surface area contributed by atoms with Gasteiger partial charge in [-0.05, 0) is 63.6 Å². The summed E-state index contributed by atoms with van der Waals surface area (Å²) in [5, 5.41) is 4.31. The summed E-state index contributed by atoms with van der Waals surface area (Å²) in [4.78, 5) is 1.06. The predicted octanol–water partition coefficient (Wildman–Crippen LogP) is 17.9. The van der Waals surface area contributed by atoms with E-state index >= 15 is 0 Å². The molecule has 0 rings (SSSR count). The minimum atomic E-state index is 0.319. The van der Waals surface area contributed by atoms with Crippen LogP contribution in [0.25, 0.3) is 0 Å². The largest absolute Gasteiger partial charge is 0.484 e. The first-order valence-corrected chi connectivity index (χ1v) is 25.4. The molecule has 0 bridgehead atoms. The summed E-state index contributed by atoms with van der Waals surface area (Å²) in [5.74, 6) is 0.486. The maximum absolute atomic E-state index is 6.62. The minimum Gasteiger partial charge on any atom is -0.484 e. The van der Waals surface area contributed by atoms with Gasteiger partial charge in [0.25, 0.3) is 0 Å². The van der Waals surface area contributed by atoms with Crippen LogP contribution in [-0.4, -0.2) is 22.7 Å². The highest BCUT2D eigenvalue weighted by Gasteiger charge is 2.19. The molecule has 53 heavy (non-hydrogen) atoms. The Labute approximate surface area is 346 Å². The van der Waals surface area contributed by atoms with Crippen molar-refractivity contribution >= 4 is 34.5 Å². The van der Waals surface area contributed by atoms with Crippen LogP contribution in [0.2, 0.25) is 0 Å². The van der Waals surface area contributed by atoms with E-state index in [0.717, 1.165) is 35.8 Å². The summed E-state index contributed by atoms with van der Waals surface area (Å²) in [6.07, 6.45) is 54.7. The number of hydrogen-bond acceptors (Lipinski definition) is 3. The SMILES string of the molecule is CCCCCCCCCCCCCCC(CCCCCCCCCCCCCC)C(=S)OC(CC)CCCCCCCCCCCCC(=S)NCCC. The number of nitrogens with one attached hydrogen (secondary N) is 1. The molecule has 0 aromatic heterocycles. The molecule has 1 N–H and O–H groups in total. The van der Waals surface area contributed by atoms with Crippen LogP contribution in [0, 0.1) is 5.92 Å².